The number of aryl methyl sites for hydroxylation is 1. The number of fused-ring (bicyclic) bond motifs is 1. The van der Waals surface area contributed by atoms with Gasteiger partial charge in [-0.2, -0.15) is 0 Å². The average molecular weight is 315 g/mol. The van der Waals surface area contributed by atoms with Crippen LogP contribution in [0, 0.1) is 6.92 Å². The van der Waals surface area contributed by atoms with Gasteiger partial charge in [0.05, 0.1) is 22.0 Å². The van der Waals surface area contributed by atoms with E-state index in [2.05, 4.69) is 15.2 Å². The first kappa shape index (κ1) is 14.2. The van der Waals surface area contributed by atoms with Crippen molar-refractivity contribution in [3.63, 3.8) is 0 Å². The van der Waals surface area contributed by atoms with E-state index in [0.717, 1.165) is 5.65 Å². The maximum absolute atomic E-state index is 11.0. The van der Waals surface area contributed by atoms with Crippen LogP contribution in [0.3, 0.4) is 0 Å². The standard InChI is InChI=1S/C15H11ClN4O2/c1-9-14(20-8-11(16)5-6-13(20)17-9)19-18-12-4-2-3-10(7-12)15(21)22/h2-8H,1H3,(H,21,22). The SMILES string of the molecule is Cc1nc2ccc(Cl)cn2c1N=Nc1cccc(C(=O)O)c1. The highest BCUT2D eigenvalue weighted by Crippen LogP contribution is 2.25. The number of carboxylic acid groups (broad SMARTS) is 1. The highest BCUT2D eigenvalue weighted by molar-refractivity contribution is 6.30. The zero-order valence-corrected chi connectivity index (χ0v) is 12.3. The lowest BCUT2D eigenvalue weighted by atomic mass is 10.2. The second-order valence-corrected chi connectivity index (χ2v) is 5.09. The van der Waals surface area contributed by atoms with Gasteiger partial charge < -0.3 is 5.11 Å². The summed E-state index contributed by atoms with van der Waals surface area (Å²) >= 11 is 5.99. The second kappa shape index (κ2) is 5.57. The third kappa shape index (κ3) is 2.68. The lowest BCUT2D eigenvalue weighted by Gasteiger charge is -1.98. The number of aromatic nitrogens is 2. The Morgan fingerprint density at radius 3 is 2.86 bits per heavy atom. The molecule has 0 atom stereocenters. The maximum atomic E-state index is 11.0. The predicted octanol–water partition coefficient (Wildman–Crippen LogP) is 4.41. The molecule has 1 N–H and O–H groups in total. The lowest BCUT2D eigenvalue weighted by Crippen LogP contribution is -1.94. The predicted molar refractivity (Wildman–Crippen MR) is 82.5 cm³/mol. The Balaban J connectivity index is 2.02. The van der Waals surface area contributed by atoms with E-state index in [4.69, 9.17) is 16.7 Å². The van der Waals surface area contributed by atoms with Crippen LogP contribution in [0.4, 0.5) is 11.5 Å². The summed E-state index contributed by atoms with van der Waals surface area (Å²) in [6.45, 7) is 1.82. The molecule has 0 amide bonds. The number of imidazole rings is 1. The highest BCUT2D eigenvalue weighted by Gasteiger charge is 2.08. The second-order valence-electron chi connectivity index (χ2n) is 4.65. The fraction of sp³-hybridized carbons (Fsp3) is 0.0667. The summed E-state index contributed by atoms with van der Waals surface area (Å²) in [6.07, 6.45) is 1.71. The van der Waals surface area contributed by atoms with Crippen molar-refractivity contribution in [1.29, 1.82) is 0 Å². The topological polar surface area (TPSA) is 79.3 Å². The molecule has 1 aromatic carbocycles. The summed E-state index contributed by atoms with van der Waals surface area (Å²) in [5, 5.41) is 17.8. The van der Waals surface area contributed by atoms with Gasteiger partial charge >= 0.3 is 5.97 Å². The van der Waals surface area contributed by atoms with Crippen LogP contribution in [0.15, 0.2) is 52.8 Å². The zero-order valence-electron chi connectivity index (χ0n) is 11.6. The van der Waals surface area contributed by atoms with Crippen LogP contribution >= 0.6 is 11.6 Å². The van der Waals surface area contributed by atoms with E-state index in [9.17, 15) is 4.79 Å². The summed E-state index contributed by atoms with van der Waals surface area (Å²) in [7, 11) is 0. The molecule has 2 aromatic heterocycles. The monoisotopic (exact) mass is 314 g/mol. The van der Waals surface area contributed by atoms with Gasteiger partial charge in [-0.3, -0.25) is 4.40 Å². The van der Waals surface area contributed by atoms with Gasteiger partial charge in [-0.15, -0.1) is 10.2 Å². The Kier molecular flexibility index (Phi) is 3.60. The molecule has 0 radical (unpaired) electrons. The molecule has 110 valence electrons. The highest BCUT2D eigenvalue weighted by atomic mass is 35.5. The third-order valence-electron chi connectivity index (χ3n) is 3.08. The van der Waals surface area contributed by atoms with Gasteiger partial charge in [0.1, 0.15) is 5.65 Å². The van der Waals surface area contributed by atoms with Gasteiger partial charge in [0.15, 0.2) is 5.82 Å². The Morgan fingerprint density at radius 2 is 2.09 bits per heavy atom. The van der Waals surface area contributed by atoms with Crippen LogP contribution < -0.4 is 0 Å². The summed E-state index contributed by atoms with van der Waals surface area (Å²) in [5.74, 6) is -0.451. The van der Waals surface area contributed by atoms with Gasteiger partial charge in [0.25, 0.3) is 0 Å². The summed E-state index contributed by atoms with van der Waals surface area (Å²) in [4.78, 5) is 15.3. The van der Waals surface area contributed by atoms with Crippen LogP contribution in [0.2, 0.25) is 5.02 Å². The minimum absolute atomic E-state index is 0.161. The van der Waals surface area contributed by atoms with Crippen molar-refractivity contribution in [2.75, 3.05) is 0 Å². The number of halogens is 1. The molecule has 2 heterocycles. The van der Waals surface area contributed by atoms with E-state index in [1.165, 1.54) is 12.1 Å². The number of carboxylic acids is 1. The van der Waals surface area contributed by atoms with Crippen molar-refractivity contribution in [3.8, 4) is 0 Å². The average Bonchev–Trinajstić information content (AvgIpc) is 2.80. The molecule has 3 aromatic rings. The van der Waals surface area contributed by atoms with Crippen molar-refractivity contribution in [2.45, 2.75) is 6.92 Å². The Hall–Kier alpha value is -2.73. The van der Waals surface area contributed by atoms with E-state index in [0.29, 0.717) is 22.2 Å². The quantitative estimate of drug-likeness (QED) is 0.727. The van der Waals surface area contributed by atoms with Crippen molar-refractivity contribution in [2.24, 2.45) is 10.2 Å². The summed E-state index contributed by atoms with van der Waals surface area (Å²) in [6, 6.07) is 9.80. The van der Waals surface area contributed by atoms with Crippen LogP contribution in [0.5, 0.6) is 0 Å². The Morgan fingerprint density at radius 1 is 1.27 bits per heavy atom. The van der Waals surface area contributed by atoms with Gasteiger partial charge in [-0.1, -0.05) is 17.7 Å². The van der Waals surface area contributed by atoms with E-state index >= 15 is 0 Å². The molecular weight excluding hydrogens is 304 g/mol. The molecule has 7 heteroatoms. The molecule has 0 unspecified atom stereocenters. The Labute approximate surface area is 130 Å². The number of nitrogens with zero attached hydrogens (tertiary/aromatic N) is 4. The molecule has 0 bridgehead atoms. The van der Waals surface area contributed by atoms with Crippen LogP contribution in [0.25, 0.3) is 5.65 Å². The number of hydrogen-bond acceptors (Lipinski definition) is 4. The largest absolute Gasteiger partial charge is 0.478 e. The molecule has 0 aliphatic heterocycles. The zero-order chi connectivity index (χ0) is 15.7. The maximum Gasteiger partial charge on any atom is 0.335 e. The minimum Gasteiger partial charge on any atom is -0.478 e. The van der Waals surface area contributed by atoms with Gasteiger partial charge in [-0.25, -0.2) is 9.78 Å². The summed E-state index contributed by atoms with van der Waals surface area (Å²) < 4.78 is 1.74. The molecule has 0 saturated heterocycles. The van der Waals surface area contributed by atoms with Gasteiger partial charge in [0.2, 0.25) is 0 Å². The first-order valence-electron chi connectivity index (χ1n) is 6.44. The van der Waals surface area contributed by atoms with Gasteiger partial charge in [0, 0.05) is 6.20 Å². The lowest BCUT2D eigenvalue weighted by molar-refractivity contribution is 0.0697. The number of hydrogen-bond donors (Lipinski definition) is 1. The molecule has 0 fully saturated rings. The van der Waals surface area contributed by atoms with Crippen molar-refractivity contribution < 1.29 is 9.90 Å². The molecule has 22 heavy (non-hydrogen) atoms. The van der Waals surface area contributed by atoms with Crippen molar-refractivity contribution in [3.05, 3.63) is 58.9 Å². The third-order valence-corrected chi connectivity index (χ3v) is 3.30. The van der Waals surface area contributed by atoms with Crippen molar-refractivity contribution >= 4 is 34.7 Å². The summed E-state index contributed by atoms with van der Waals surface area (Å²) in [5.41, 5.74) is 2.04. The molecule has 0 aliphatic carbocycles. The number of azo groups is 1. The molecule has 0 aliphatic rings. The molecule has 6 nitrogen and oxygen atoms in total. The Bertz CT molecular complexity index is 902. The van der Waals surface area contributed by atoms with E-state index in [-0.39, 0.29) is 5.56 Å². The fourth-order valence-electron chi connectivity index (χ4n) is 2.05. The number of rotatable bonds is 3. The van der Waals surface area contributed by atoms with Gasteiger partial charge in [-0.05, 0) is 37.3 Å². The normalized spacial score (nSPS) is 11.4. The van der Waals surface area contributed by atoms with Crippen LogP contribution in [-0.2, 0) is 0 Å². The molecular formula is C15H11ClN4O2. The smallest absolute Gasteiger partial charge is 0.335 e. The van der Waals surface area contributed by atoms with Crippen LogP contribution in [-0.4, -0.2) is 20.5 Å². The van der Waals surface area contributed by atoms with Crippen LogP contribution in [0.1, 0.15) is 16.1 Å². The minimum atomic E-state index is -1.00. The number of aromatic carboxylic acids is 1. The fourth-order valence-corrected chi connectivity index (χ4v) is 2.21. The van der Waals surface area contributed by atoms with E-state index < -0.39 is 5.97 Å². The molecule has 0 saturated carbocycles. The number of benzene rings is 1. The van der Waals surface area contributed by atoms with E-state index in [1.54, 1.807) is 34.9 Å². The number of carbonyl (C=O) groups is 1. The number of pyridine rings is 1. The molecule has 0 spiro atoms. The van der Waals surface area contributed by atoms with Crippen molar-refractivity contribution in [1.82, 2.24) is 9.38 Å². The first-order valence-corrected chi connectivity index (χ1v) is 6.82. The van der Waals surface area contributed by atoms with E-state index in [1.807, 2.05) is 6.92 Å². The first-order chi connectivity index (χ1) is 10.5. The molecule has 3 rings (SSSR count).